The molecule has 0 atom stereocenters. The third-order valence-electron chi connectivity index (χ3n) is 2.47. The summed E-state index contributed by atoms with van der Waals surface area (Å²) in [5, 5.41) is 8.94. The number of carbonyl (C=O) groups is 2. The van der Waals surface area contributed by atoms with E-state index in [2.05, 4.69) is 20.7 Å². The van der Waals surface area contributed by atoms with Gasteiger partial charge in [-0.1, -0.05) is 18.2 Å². The molecule has 1 aromatic heterocycles. The van der Waals surface area contributed by atoms with Crippen molar-refractivity contribution in [3.63, 3.8) is 0 Å². The molecule has 0 bridgehead atoms. The van der Waals surface area contributed by atoms with Crippen LogP contribution in [0.1, 0.15) is 21.2 Å². The molecule has 7 nitrogen and oxygen atoms in total. The number of rotatable bonds is 3. The molecular weight excluding hydrogens is 246 g/mol. The van der Waals surface area contributed by atoms with Crippen molar-refractivity contribution in [2.45, 2.75) is 0 Å². The summed E-state index contributed by atoms with van der Waals surface area (Å²) >= 11 is 0. The first-order valence-electron chi connectivity index (χ1n) is 5.64. The largest absolute Gasteiger partial charge is 0.352 e. The Kier molecular flexibility index (Phi) is 3.56. The van der Waals surface area contributed by atoms with Crippen LogP contribution in [-0.2, 0) is 0 Å². The van der Waals surface area contributed by atoms with E-state index in [4.69, 9.17) is 0 Å². The van der Waals surface area contributed by atoms with E-state index in [1.807, 2.05) is 18.2 Å². The molecule has 0 aliphatic rings. The van der Waals surface area contributed by atoms with Crippen molar-refractivity contribution < 1.29 is 9.59 Å². The van der Waals surface area contributed by atoms with Crippen LogP contribution in [0.5, 0.6) is 0 Å². The number of para-hydroxylation sites is 1. The van der Waals surface area contributed by atoms with Crippen molar-refractivity contribution in [3.8, 4) is 5.69 Å². The molecule has 2 aromatic rings. The van der Waals surface area contributed by atoms with Crippen molar-refractivity contribution >= 4 is 11.8 Å². The van der Waals surface area contributed by atoms with Gasteiger partial charge in [0, 0.05) is 14.1 Å². The fourth-order valence-electron chi connectivity index (χ4n) is 1.53. The SMILES string of the molecule is CNC(=O)c1nc(C(=O)NC)n(-c2ccccc2)n1. The molecule has 2 N–H and O–H groups in total. The van der Waals surface area contributed by atoms with Crippen LogP contribution in [0.3, 0.4) is 0 Å². The Bertz CT molecular complexity index is 606. The predicted molar refractivity (Wildman–Crippen MR) is 68.1 cm³/mol. The number of aromatic nitrogens is 3. The molecule has 1 heterocycles. The van der Waals surface area contributed by atoms with Crippen molar-refractivity contribution in [2.24, 2.45) is 0 Å². The maximum atomic E-state index is 11.8. The summed E-state index contributed by atoms with van der Waals surface area (Å²) in [5.74, 6) is -0.844. The molecule has 0 spiro atoms. The van der Waals surface area contributed by atoms with Gasteiger partial charge >= 0.3 is 0 Å². The first-order valence-corrected chi connectivity index (χ1v) is 5.64. The van der Waals surface area contributed by atoms with E-state index in [1.165, 1.54) is 18.8 Å². The quantitative estimate of drug-likeness (QED) is 0.811. The number of nitrogens with one attached hydrogen (secondary N) is 2. The van der Waals surface area contributed by atoms with Gasteiger partial charge in [0.05, 0.1) is 5.69 Å². The number of carbonyl (C=O) groups excluding carboxylic acids is 2. The van der Waals surface area contributed by atoms with E-state index in [-0.39, 0.29) is 11.6 Å². The third-order valence-corrected chi connectivity index (χ3v) is 2.47. The van der Waals surface area contributed by atoms with Crippen molar-refractivity contribution in [1.82, 2.24) is 25.4 Å². The van der Waals surface area contributed by atoms with E-state index in [1.54, 1.807) is 12.1 Å². The summed E-state index contributed by atoms with van der Waals surface area (Å²) in [6.07, 6.45) is 0. The molecule has 1 aromatic carbocycles. The molecule has 98 valence electrons. The number of hydrogen-bond donors (Lipinski definition) is 2. The van der Waals surface area contributed by atoms with Crippen LogP contribution in [0.15, 0.2) is 30.3 Å². The summed E-state index contributed by atoms with van der Waals surface area (Å²) in [4.78, 5) is 27.3. The Labute approximate surface area is 109 Å². The van der Waals surface area contributed by atoms with Gasteiger partial charge in [0.25, 0.3) is 11.8 Å². The fourth-order valence-corrected chi connectivity index (χ4v) is 1.53. The van der Waals surface area contributed by atoms with E-state index >= 15 is 0 Å². The smallest absolute Gasteiger partial charge is 0.290 e. The molecule has 0 saturated carbocycles. The summed E-state index contributed by atoms with van der Waals surface area (Å²) < 4.78 is 1.34. The van der Waals surface area contributed by atoms with Gasteiger partial charge in [-0.2, -0.15) is 4.98 Å². The van der Waals surface area contributed by atoms with Crippen molar-refractivity contribution in [2.75, 3.05) is 14.1 Å². The van der Waals surface area contributed by atoms with Gasteiger partial charge < -0.3 is 10.6 Å². The summed E-state index contributed by atoms with van der Waals surface area (Å²) in [6.45, 7) is 0. The van der Waals surface area contributed by atoms with Crippen LogP contribution >= 0.6 is 0 Å². The lowest BCUT2D eigenvalue weighted by atomic mass is 10.3. The maximum absolute atomic E-state index is 11.8. The lowest BCUT2D eigenvalue weighted by molar-refractivity contribution is 0.0949. The molecule has 0 fully saturated rings. The Morgan fingerprint density at radius 1 is 1.05 bits per heavy atom. The van der Waals surface area contributed by atoms with Gasteiger partial charge in [0.1, 0.15) is 0 Å². The first kappa shape index (κ1) is 12.7. The lowest BCUT2D eigenvalue weighted by Gasteiger charge is -2.03. The first-order chi connectivity index (χ1) is 9.17. The Balaban J connectivity index is 2.55. The predicted octanol–water partition coefficient (Wildman–Crippen LogP) is -0.0135. The van der Waals surface area contributed by atoms with Crippen LogP contribution < -0.4 is 10.6 Å². The number of nitrogens with zero attached hydrogens (tertiary/aromatic N) is 3. The minimum absolute atomic E-state index is 0.0510. The Morgan fingerprint density at radius 2 is 1.68 bits per heavy atom. The molecule has 2 amide bonds. The molecule has 7 heteroatoms. The van der Waals surface area contributed by atoms with Crippen LogP contribution in [0, 0.1) is 0 Å². The average molecular weight is 259 g/mol. The number of benzene rings is 1. The minimum atomic E-state index is -0.445. The number of amides is 2. The molecule has 19 heavy (non-hydrogen) atoms. The van der Waals surface area contributed by atoms with Gasteiger partial charge in [-0.05, 0) is 12.1 Å². The Morgan fingerprint density at radius 3 is 2.26 bits per heavy atom. The highest BCUT2D eigenvalue weighted by atomic mass is 16.2. The third kappa shape index (κ3) is 2.44. The van der Waals surface area contributed by atoms with Gasteiger partial charge in [-0.25, -0.2) is 4.68 Å². The average Bonchev–Trinajstić information content (AvgIpc) is 2.91. The summed E-state index contributed by atoms with van der Waals surface area (Å²) in [5.41, 5.74) is 0.656. The fraction of sp³-hybridized carbons (Fsp3) is 0.167. The standard InChI is InChI=1S/C12H13N5O2/c1-13-11(18)9-15-10(12(19)14-2)17(16-9)8-6-4-3-5-7-8/h3-7H,1-2H3,(H,13,18)(H,14,19). The molecule has 0 unspecified atom stereocenters. The van der Waals surface area contributed by atoms with Crippen LogP contribution in [0.4, 0.5) is 0 Å². The molecular formula is C12H13N5O2. The number of hydrogen-bond acceptors (Lipinski definition) is 4. The summed E-state index contributed by atoms with van der Waals surface area (Å²) in [6, 6.07) is 9.01. The van der Waals surface area contributed by atoms with E-state index in [0.29, 0.717) is 5.69 Å². The topological polar surface area (TPSA) is 88.9 Å². The second-order valence-electron chi connectivity index (χ2n) is 3.66. The second kappa shape index (κ2) is 5.30. The van der Waals surface area contributed by atoms with Gasteiger partial charge in [-0.15, -0.1) is 5.10 Å². The lowest BCUT2D eigenvalue weighted by Crippen LogP contribution is -2.22. The van der Waals surface area contributed by atoms with Gasteiger partial charge in [-0.3, -0.25) is 9.59 Å². The normalized spacial score (nSPS) is 10.0. The Hall–Kier alpha value is -2.70. The highest BCUT2D eigenvalue weighted by molar-refractivity contribution is 5.94. The van der Waals surface area contributed by atoms with E-state index in [9.17, 15) is 9.59 Å². The summed E-state index contributed by atoms with van der Waals surface area (Å²) in [7, 11) is 2.97. The van der Waals surface area contributed by atoms with Crippen LogP contribution in [0.2, 0.25) is 0 Å². The highest BCUT2D eigenvalue weighted by Crippen LogP contribution is 2.09. The zero-order valence-electron chi connectivity index (χ0n) is 10.5. The van der Waals surface area contributed by atoms with Crippen LogP contribution in [0.25, 0.3) is 5.69 Å². The van der Waals surface area contributed by atoms with Gasteiger partial charge in [0.2, 0.25) is 11.6 Å². The van der Waals surface area contributed by atoms with E-state index < -0.39 is 11.8 Å². The highest BCUT2D eigenvalue weighted by Gasteiger charge is 2.20. The van der Waals surface area contributed by atoms with Crippen molar-refractivity contribution in [3.05, 3.63) is 42.0 Å². The maximum Gasteiger partial charge on any atom is 0.290 e. The monoisotopic (exact) mass is 259 g/mol. The van der Waals surface area contributed by atoms with Gasteiger partial charge in [0.15, 0.2) is 0 Å². The molecule has 0 aliphatic carbocycles. The molecule has 0 radical (unpaired) electrons. The second-order valence-corrected chi connectivity index (χ2v) is 3.66. The molecule has 2 rings (SSSR count). The minimum Gasteiger partial charge on any atom is -0.352 e. The van der Waals surface area contributed by atoms with Crippen LogP contribution in [-0.4, -0.2) is 40.7 Å². The van der Waals surface area contributed by atoms with E-state index in [0.717, 1.165) is 0 Å². The zero-order valence-corrected chi connectivity index (χ0v) is 10.5. The molecule has 0 aliphatic heterocycles. The zero-order chi connectivity index (χ0) is 13.8. The van der Waals surface area contributed by atoms with Crippen molar-refractivity contribution in [1.29, 1.82) is 0 Å². The molecule has 0 saturated heterocycles.